The number of ether oxygens (including phenoxy) is 2. The second kappa shape index (κ2) is 7.73. The Labute approximate surface area is 156 Å². The molecule has 2 fully saturated rings. The van der Waals surface area contributed by atoms with Crippen LogP contribution in [-0.4, -0.2) is 42.4 Å². The lowest BCUT2D eigenvalue weighted by molar-refractivity contribution is -0.128. The fourth-order valence-electron chi connectivity index (χ4n) is 4.25. The monoisotopic (exact) mass is 367 g/mol. The van der Waals surface area contributed by atoms with Crippen LogP contribution in [-0.2, 0) is 6.54 Å². The highest BCUT2D eigenvalue weighted by molar-refractivity contribution is 6.31. The van der Waals surface area contributed by atoms with Crippen molar-refractivity contribution in [1.29, 1.82) is 0 Å². The largest absolute Gasteiger partial charge is 0.493 e. The number of hydrogen-bond acceptors (Lipinski definition) is 4. The number of likely N-dealkylation sites (tertiary alicyclic amines) is 1. The molecule has 2 atom stereocenters. The molecule has 0 spiro atoms. The topological polar surface area (TPSA) is 41.9 Å². The zero-order chi connectivity index (χ0) is 18.0. The van der Waals surface area contributed by atoms with Crippen molar-refractivity contribution in [1.82, 2.24) is 4.90 Å². The van der Waals surface area contributed by atoms with Gasteiger partial charge in [-0.1, -0.05) is 24.9 Å². The molecule has 140 valence electrons. The van der Waals surface area contributed by atoms with Gasteiger partial charge in [0.05, 0.1) is 19.3 Å². The molecular weight excluding hydrogens is 338 g/mol. The molecule has 1 aliphatic carbocycles. The van der Waals surface area contributed by atoms with Gasteiger partial charge in [-0.05, 0) is 49.7 Å². The van der Waals surface area contributed by atoms with Gasteiger partial charge < -0.3 is 14.6 Å². The third kappa shape index (κ3) is 3.76. The summed E-state index contributed by atoms with van der Waals surface area (Å²) in [4.78, 5) is 2.39. The standard InChI is InChI=1S/C20H30ClNO3/c1-4-25-19-11-17(21)15(10-18(19)24-3)13-22-9-8-20(23,14(2)12-22)16-6-5-7-16/h10-11,14,16,23H,4-9,12-13H2,1-3H3. The molecule has 0 bridgehead atoms. The summed E-state index contributed by atoms with van der Waals surface area (Å²) in [5, 5.41) is 11.8. The predicted molar refractivity (Wildman–Crippen MR) is 101 cm³/mol. The molecular formula is C20H30ClNO3. The lowest BCUT2D eigenvalue weighted by Crippen LogP contribution is -2.56. The van der Waals surface area contributed by atoms with Gasteiger partial charge in [0, 0.05) is 30.7 Å². The van der Waals surface area contributed by atoms with Gasteiger partial charge in [0.2, 0.25) is 0 Å². The number of halogens is 1. The van der Waals surface area contributed by atoms with Crippen molar-refractivity contribution >= 4 is 11.6 Å². The smallest absolute Gasteiger partial charge is 0.162 e. The van der Waals surface area contributed by atoms with Crippen molar-refractivity contribution in [2.75, 3.05) is 26.8 Å². The van der Waals surface area contributed by atoms with Gasteiger partial charge >= 0.3 is 0 Å². The van der Waals surface area contributed by atoms with Crippen LogP contribution in [0.3, 0.4) is 0 Å². The first-order valence-electron chi connectivity index (χ1n) is 9.41. The second-order valence-electron chi connectivity index (χ2n) is 7.53. The Morgan fingerprint density at radius 3 is 2.64 bits per heavy atom. The molecule has 1 aromatic rings. The maximum Gasteiger partial charge on any atom is 0.162 e. The zero-order valence-corrected chi connectivity index (χ0v) is 16.3. The highest BCUT2D eigenvalue weighted by Crippen LogP contribution is 2.45. The minimum atomic E-state index is -0.477. The molecule has 2 unspecified atom stereocenters. The molecule has 0 aromatic heterocycles. The average Bonchev–Trinajstić information content (AvgIpc) is 2.52. The molecule has 1 saturated carbocycles. The Balaban J connectivity index is 1.69. The van der Waals surface area contributed by atoms with Gasteiger partial charge in [0.15, 0.2) is 11.5 Å². The third-order valence-corrected chi connectivity index (χ3v) is 6.40. The summed E-state index contributed by atoms with van der Waals surface area (Å²) in [6, 6.07) is 3.82. The van der Waals surface area contributed by atoms with Crippen molar-refractivity contribution in [2.45, 2.75) is 51.7 Å². The Morgan fingerprint density at radius 2 is 2.08 bits per heavy atom. The van der Waals surface area contributed by atoms with Crippen molar-refractivity contribution in [3.05, 3.63) is 22.7 Å². The average molecular weight is 368 g/mol. The van der Waals surface area contributed by atoms with Crippen LogP contribution in [0.15, 0.2) is 12.1 Å². The molecule has 3 rings (SSSR count). The number of aliphatic hydroxyl groups is 1. The van der Waals surface area contributed by atoms with E-state index in [0.29, 0.717) is 23.3 Å². The highest BCUT2D eigenvalue weighted by atomic mass is 35.5. The first kappa shape index (κ1) is 18.8. The second-order valence-corrected chi connectivity index (χ2v) is 7.94. The summed E-state index contributed by atoms with van der Waals surface area (Å²) in [6.07, 6.45) is 4.49. The van der Waals surface area contributed by atoms with E-state index in [1.165, 1.54) is 19.3 Å². The van der Waals surface area contributed by atoms with Crippen molar-refractivity contribution in [3.8, 4) is 11.5 Å². The fourth-order valence-corrected chi connectivity index (χ4v) is 4.46. The number of hydrogen-bond donors (Lipinski definition) is 1. The van der Waals surface area contributed by atoms with E-state index in [4.69, 9.17) is 21.1 Å². The molecule has 1 saturated heterocycles. The Bertz CT molecular complexity index is 605. The molecule has 4 nitrogen and oxygen atoms in total. The SMILES string of the molecule is CCOc1cc(Cl)c(CN2CCC(O)(C3CCC3)C(C)C2)cc1OC. The van der Waals surface area contributed by atoms with Gasteiger partial charge in [-0.3, -0.25) is 4.90 Å². The molecule has 5 heteroatoms. The Morgan fingerprint density at radius 1 is 1.32 bits per heavy atom. The minimum absolute atomic E-state index is 0.287. The number of nitrogens with zero attached hydrogens (tertiary/aromatic N) is 1. The Hall–Kier alpha value is -0.970. The number of methoxy groups -OCH3 is 1. The lowest BCUT2D eigenvalue weighted by atomic mass is 9.65. The summed E-state index contributed by atoms with van der Waals surface area (Å²) < 4.78 is 11.0. The van der Waals surface area contributed by atoms with Crippen molar-refractivity contribution < 1.29 is 14.6 Å². The summed E-state index contributed by atoms with van der Waals surface area (Å²) in [5.74, 6) is 2.19. The molecule has 0 amide bonds. The minimum Gasteiger partial charge on any atom is -0.493 e. The summed E-state index contributed by atoms with van der Waals surface area (Å²) in [5.41, 5.74) is 0.568. The van der Waals surface area contributed by atoms with E-state index in [1.54, 1.807) is 7.11 Å². The zero-order valence-electron chi connectivity index (χ0n) is 15.6. The normalized spacial score (nSPS) is 27.8. The van der Waals surface area contributed by atoms with Crippen LogP contribution < -0.4 is 9.47 Å². The van der Waals surface area contributed by atoms with E-state index in [0.717, 1.165) is 37.4 Å². The third-order valence-electron chi connectivity index (χ3n) is 6.05. The van der Waals surface area contributed by atoms with Crippen LogP contribution in [0.25, 0.3) is 0 Å². The number of piperidine rings is 1. The van der Waals surface area contributed by atoms with Crippen LogP contribution in [0.1, 0.15) is 45.1 Å². The number of benzene rings is 1. The molecule has 1 aromatic carbocycles. The maximum atomic E-state index is 11.1. The molecule has 2 aliphatic rings. The quantitative estimate of drug-likeness (QED) is 0.821. The molecule has 1 N–H and O–H groups in total. The van der Waals surface area contributed by atoms with E-state index >= 15 is 0 Å². The molecule has 25 heavy (non-hydrogen) atoms. The molecule has 1 heterocycles. The highest BCUT2D eigenvalue weighted by Gasteiger charge is 2.46. The van der Waals surface area contributed by atoms with Crippen LogP contribution in [0.2, 0.25) is 5.02 Å². The first-order chi connectivity index (χ1) is 12.0. The van der Waals surface area contributed by atoms with Crippen LogP contribution in [0.4, 0.5) is 0 Å². The predicted octanol–water partition coefficient (Wildman–Crippen LogP) is 4.12. The van der Waals surface area contributed by atoms with Gasteiger partial charge in [-0.2, -0.15) is 0 Å². The van der Waals surface area contributed by atoms with E-state index in [1.807, 2.05) is 19.1 Å². The van der Waals surface area contributed by atoms with E-state index < -0.39 is 5.60 Å². The maximum absolute atomic E-state index is 11.1. The lowest BCUT2D eigenvalue weighted by Gasteiger charge is -2.50. The fraction of sp³-hybridized carbons (Fsp3) is 0.700. The van der Waals surface area contributed by atoms with Crippen LogP contribution in [0, 0.1) is 11.8 Å². The number of rotatable bonds is 6. The first-order valence-corrected chi connectivity index (χ1v) is 9.79. The Kier molecular flexibility index (Phi) is 5.81. The summed E-state index contributed by atoms with van der Waals surface area (Å²) >= 11 is 6.48. The van der Waals surface area contributed by atoms with Gasteiger partial charge in [0.1, 0.15) is 0 Å². The van der Waals surface area contributed by atoms with Gasteiger partial charge in [0.25, 0.3) is 0 Å². The van der Waals surface area contributed by atoms with Gasteiger partial charge in [-0.15, -0.1) is 0 Å². The van der Waals surface area contributed by atoms with Crippen LogP contribution >= 0.6 is 11.6 Å². The molecule has 1 aliphatic heterocycles. The molecule has 0 radical (unpaired) electrons. The van der Waals surface area contributed by atoms with E-state index in [-0.39, 0.29) is 5.92 Å². The van der Waals surface area contributed by atoms with Gasteiger partial charge in [-0.25, -0.2) is 0 Å². The van der Waals surface area contributed by atoms with Crippen molar-refractivity contribution in [2.24, 2.45) is 11.8 Å². The summed E-state index contributed by atoms with van der Waals surface area (Å²) in [6.45, 7) is 7.29. The summed E-state index contributed by atoms with van der Waals surface area (Å²) in [7, 11) is 1.65. The van der Waals surface area contributed by atoms with E-state index in [9.17, 15) is 5.11 Å². The van der Waals surface area contributed by atoms with E-state index in [2.05, 4.69) is 11.8 Å². The van der Waals surface area contributed by atoms with Crippen molar-refractivity contribution in [3.63, 3.8) is 0 Å². The van der Waals surface area contributed by atoms with Crippen LogP contribution in [0.5, 0.6) is 11.5 Å².